The zero-order chi connectivity index (χ0) is 13.0. The molecule has 1 heterocycles. The van der Waals surface area contributed by atoms with E-state index < -0.39 is 5.97 Å². The average molecular weight is 251 g/mol. The predicted molar refractivity (Wildman–Crippen MR) is 66.1 cm³/mol. The van der Waals surface area contributed by atoms with Gasteiger partial charge in [-0.1, -0.05) is 12.1 Å². The molecular weight excluding hydrogens is 234 g/mol. The highest BCUT2D eigenvalue weighted by atomic mass is 16.6. The van der Waals surface area contributed by atoms with Gasteiger partial charge in [-0.25, -0.2) is 0 Å². The Hall–Kier alpha value is -1.75. The van der Waals surface area contributed by atoms with Crippen molar-refractivity contribution >= 4 is 5.97 Å². The number of aliphatic carboxylic acids is 1. The summed E-state index contributed by atoms with van der Waals surface area (Å²) in [6.07, 6.45) is 0.0828. The fourth-order valence-corrected chi connectivity index (χ4v) is 1.88. The van der Waals surface area contributed by atoms with E-state index in [-0.39, 0.29) is 12.5 Å². The van der Waals surface area contributed by atoms with Crippen LogP contribution >= 0.6 is 0 Å². The summed E-state index contributed by atoms with van der Waals surface area (Å²) < 4.78 is 11.4. The molecule has 0 radical (unpaired) electrons. The Morgan fingerprint density at radius 1 is 1.44 bits per heavy atom. The van der Waals surface area contributed by atoms with E-state index in [2.05, 4.69) is 0 Å². The van der Waals surface area contributed by atoms with Crippen LogP contribution in [0.15, 0.2) is 24.3 Å². The first-order chi connectivity index (χ1) is 8.65. The molecule has 0 spiro atoms. The summed E-state index contributed by atoms with van der Waals surface area (Å²) in [5, 5.41) is 8.62. The highest BCUT2D eigenvalue weighted by Gasteiger charge is 2.21. The summed E-state index contributed by atoms with van der Waals surface area (Å²) in [6, 6.07) is 7.55. The van der Waals surface area contributed by atoms with Gasteiger partial charge in [0.25, 0.3) is 0 Å². The number of hydrogen-bond acceptors (Lipinski definition) is 4. The van der Waals surface area contributed by atoms with Gasteiger partial charge < -0.3 is 19.5 Å². The van der Waals surface area contributed by atoms with Gasteiger partial charge in [-0.3, -0.25) is 4.79 Å². The monoisotopic (exact) mass is 251 g/mol. The summed E-state index contributed by atoms with van der Waals surface area (Å²) in [7, 11) is 1.88. The van der Waals surface area contributed by atoms with Crippen molar-refractivity contribution in [2.75, 3.05) is 26.7 Å². The smallest absolute Gasteiger partial charge is 0.304 e. The minimum absolute atomic E-state index is 0.0568. The minimum Gasteiger partial charge on any atom is -0.486 e. The fourth-order valence-electron chi connectivity index (χ4n) is 1.88. The molecule has 98 valence electrons. The van der Waals surface area contributed by atoms with Crippen molar-refractivity contribution in [1.82, 2.24) is 4.90 Å². The van der Waals surface area contributed by atoms with Gasteiger partial charge in [-0.2, -0.15) is 0 Å². The molecule has 0 saturated heterocycles. The third-order valence-corrected chi connectivity index (χ3v) is 2.79. The Bertz CT molecular complexity index is 421. The molecule has 0 aromatic heterocycles. The van der Waals surface area contributed by atoms with Crippen LogP contribution in [-0.2, 0) is 4.79 Å². The van der Waals surface area contributed by atoms with Crippen LogP contribution < -0.4 is 9.47 Å². The lowest BCUT2D eigenvalue weighted by atomic mass is 10.2. The van der Waals surface area contributed by atoms with Gasteiger partial charge in [0, 0.05) is 13.1 Å². The van der Waals surface area contributed by atoms with Crippen LogP contribution in [0.5, 0.6) is 11.5 Å². The molecule has 1 aliphatic heterocycles. The lowest BCUT2D eigenvalue weighted by Gasteiger charge is -2.29. The standard InChI is InChI=1S/C13H17NO4/c1-14(7-6-13(15)16)8-10-9-17-11-4-2-3-5-12(11)18-10/h2-5,10H,6-9H2,1H3,(H,15,16). The van der Waals surface area contributed by atoms with Crippen LogP contribution in [-0.4, -0.2) is 48.8 Å². The topological polar surface area (TPSA) is 59.0 Å². The number of benzene rings is 1. The van der Waals surface area contributed by atoms with Gasteiger partial charge in [0.1, 0.15) is 12.7 Å². The van der Waals surface area contributed by atoms with E-state index in [0.717, 1.165) is 11.5 Å². The second kappa shape index (κ2) is 5.73. The SMILES string of the molecule is CN(CCC(=O)O)CC1COc2ccccc2O1. The normalized spacial score (nSPS) is 17.8. The third kappa shape index (κ3) is 3.37. The van der Waals surface area contributed by atoms with Gasteiger partial charge in [-0.05, 0) is 19.2 Å². The number of carboxylic acids is 1. The molecule has 2 rings (SSSR count). The van der Waals surface area contributed by atoms with E-state index in [0.29, 0.717) is 19.7 Å². The highest BCUT2D eigenvalue weighted by molar-refractivity contribution is 5.66. The zero-order valence-electron chi connectivity index (χ0n) is 10.3. The first kappa shape index (κ1) is 12.7. The quantitative estimate of drug-likeness (QED) is 0.853. The molecule has 1 N–H and O–H groups in total. The summed E-state index contributed by atoms with van der Waals surface area (Å²) in [5.74, 6) is 0.732. The molecule has 0 fully saturated rings. The minimum atomic E-state index is -0.784. The molecule has 5 heteroatoms. The van der Waals surface area contributed by atoms with E-state index in [4.69, 9.17) is 14.6 Å². The predicted octanol–water partition coefficient (Wildman–Crippen LogP) is 1.23. The molecule has 1 atom stereocenters. The van der Waals surface area contributed by atoms with E-state index in [9.17, 15) is 4.79 Å². The number of nitrogens with zero attached hydrogens (tertiary/aromatic N) is 1. The van der Waals surface area contributed by atoms with Gasteiger partial charge in [0.2, 0.25) is 0 Å². The zero-order valence-corrected chi connectivity index (χ0v) is 10.3. The molecule has 18 heavy (non-hydrogen) atoms. The molecule has 0 bridgehead atoms. The van der Waals surface area contributed by atoms with Gasteiger partial charge in [0.15, 0.2) is 11.5 Å². The average Bonchev–Trinajstić information content (AvgIpc) is 2.36. The van der Waals surface area contributed by atoms with Crippen molar-refractivity contribution in [3.8, 4) is 11.5 Å². The summed E-state index contributed by atoms with van der Waals surface area (Å²) in [6.45, 7) is 1.66. The number of carboxylic acid groups (broad SMARTS) is 1. The molecule has 5 nitrogen and oxygen atoms in total. The molecular formula is C13H17NO4. The molecule has 1 aromatic rings. The lowest BCUT2D eigenvalue weighted by Crippen LogP contribution is -2.40. The van der Waals surface area contributed by atoms with E-state index >= 15 is 0 Å². The maximum atomic E-state index is 10.5. The van der Waals surface area contributed by atoms with Gasteiger partial charge >= 0.3 is 5.97 Å². The van der Waals surface area contributed by atoms with Gasteiger partial charge in [-0.15, -0.1) is 0 Å². The number of fused-ring (bicyclic) bond motifs is 1. The number of para-hydroxylation sites is 2. The Balaban J connectivity index is 1.84. The molecule has 0 amide bonds. The van der Waals surface area contributed by atoms with Crippen molar-refractivity contribution in [2.45, 2.75) is 12.5 Å². The van der Waals surface area contributed by atoms with E-state index in [1.54, 1.807) is 0 Å². The molecule has 1 unspecified atom stereocenters. The Morgan fingerprint density at radius 3 is 2.89 bits per heavy atom. The summed E-state index contributed by atoms with van der Waals surface area (Å²) in [4.78, 5) is 12.4. The first-order valence-electron chi connectivity index (χ1n) is 5.94. The molecule has 0 saturated carbocycles. The lowest BCUT2D eigenvalue weighted by molar-refractivity contribution is -0.137. The number of carbonyl (C=O) groups is 1. The third-order valence-electron chi connectivity index (χ3n) is 2.79. The van der Waals surface area contributed by atoms with Crippen LogP contribution in [0.1, 0.15) is 6.42 Å². The maximum absolute atomic E-state index is 10.5. The number of ether oxygens (including phenoxy) is 2. The van der Waals surface area contributed by atoms with E-state index in [1.165, 1.54) is 0 Å². The van der Waals surface area contributed by atoms with Crippen molar-refractivity contribution in [3.63, 3.8) is 0 Å². The number of likely N-dealkylation sites (N-methyl/N-ethyl adjacent to an activating group) is 1. The molecule has 1 aliphatic rings. The Kier molecular flexibility index (Phi) is 4.04. The summed E-state index contributed by atoms with van der Waals surface area (Å²) >= 11 is 0. The highest BCUT2D eigenvalue weighted by Crippen LogP contribution is 2.30. The second-order valence-corrected chi connectivity index (χ2v) is 4.40. The van der Waals surface area contributed by atoms with Crippen LogP contribution in [0.25, 0.3) is 0 Å². The Labute approximate surface area is 106 Å². The van der Waals surface area contributed by atoms with Crippen LogP contribution in [0.2, 0.25) is 0 Å². The van der Waals surface area contributed by atoms with Crippen molar-refractivity contribution in [3.05, 3.63) is 24.3 Å². The maximum Gasteiger partial charge on any atom is 0.304 e. The van der Waals surface area contributed by atoms with Crippen molar-refractivity contribution in [2.24, 2.45) is 0 Å². The van der Waals surface area contributed by atoms with E-state index in [1.807, 2.05) is 36.2 Å². The fraction of sp³-hybridized carbons (Fsp3) is 0.462. The number of hydrogen-bond donors (Lipinski definition) is 1. The van der Waals surface area contributed by atoms with Crippen molar-refractivity contribution in [1.29, 1.82) is 0 Å². The van der Waals surface area contributed by atoms with Crippen LogP contribution in [0.4, 0.5) is 0 Å². The number of rotatable bonds is 5. The second-order valence-electron chi connectivity index (χ2n) is 4.40. The summed E-state index contributed by atoms with van der Waals surface area (Å²) in [5.41, 5.74) is 0. The molecule has 1 aromatic carbocycles. The van der Waals surface area contributed by atoms with Crippen LogP contribution in [0.3, 0.4) is 0 Å². The Morgan fingerprint density at radius 2 is 2.17 bits per heavy atom. The molecule has 0 aliphatic carbocycles. The first-order valence-corrected chi connectivity index (χ1v) is 5.94. The van der Waals surface area contributed by atoms with Gasteiger partial charge in [0.05, 0.1) is 6.42 Å². The largest absolute Gasteiger partial charge is 0.486 e. The van der Waals surface area contributed by atoms with Crippen molar-refractivity contribution < 1.29 is 19.4 Å². The van der Waals surface area contributed by atoms with Crippen LogP contribution in [0, 0.1) is 0 Å².